The Labute approximate surface area is 197 Å². The molecule has 5 rings (SSSR count). The second-order valence-corrected chi connectivity index (χ2v) is 9.31. The quantitative estimate of drug-likeness (QED) is 0.407. The van der Waals surface area contributed by atoms with Gasteiger partial charge in [-0.15, -0.1) is 0 Å². The number of fused-ring (bicyclic) bond motifs is 5. The normalized spacial score (nSPS) is 25.7. The number of rotatable bonds is 6. The summed E-state index contributed by atoms with van der Waals surface area (Å²) in [5.74, 6) is -1.90. The lowest BCUT2D eigenvalue weighted by molar-refractivity contribution is -0.125. The van der Waals surface area contributed by atoms with Crippen LogP contribution in [-0.4, -0.2) is 30.3 Å². The molecule has 7 nitrogen and oxygen atoms in total. The van der Waals surface area contributed by atoms with Crippen LogP contribution in [0.1, 0.15) is 42.2 Å². The lowest BCUT2D eigenvalue weighted by atomic mass is 9.82. The van der Waals surface area contributed by atoms with Crippen molar-refractivity contribution < 1.29 is 23.9 Å². The van der Waals surface area contributed by atoms with E-state index in [-0.39, 0.29) is 47.1 Å². The number of amides is 3. The summed E-state index contributed by atoms with van der Waals surface area (Å²) in [7, 11) is 0. The summed E-state index contributed by atoms with van der Waals surface area (Å²) in [5, 5.41) is 2.79. The second kappa shape index (κ2) is 8.56. The van der Waals surface area contributed by atoms with Gasteiger partial charge in [0.2, 0.25) is 11.8 Å². The van der Waals surface area contributed by atoms with Crippen LogP contribution in [0.15, 0.2) is 66.2 Å². The first-order valence-corrected chi connectivity index (χ1v) is 11.5. The highest BCUT2D eigenvalue weighted by molar-refractivity contribution is 6.23. The van der Waals surface area contributed by atoms with E-state index in [9.17, 15) is 19.2 Å². The Morgan fingerprint density at radius 2 is 1.79 bits per heavy atom. The number of carbonyl (C=O) groups is 4. The van der Waals surface area contributed by atoms with Crippen LogP contribution in [0.25, 0.3) is 0 Å². The van der Waals surface area contributed by atoms with Gasteiger partial charge in [0.05, 0.1) is 29.1 Å². The number of imide groups is 1. The maximum Gasteiger partial charge on any atom is 0.338 e. The second-order valence-electron chi connectivity index (χ2n) is 9.31. The summed E-state index contributed by atoms with van der Waals surface area (Å²) >= 11 is 0. The van der Waals surface area contributed by atoms with Gasteiger partial charge in [0, 0.05) is 0 Å². The van der Waals surface area contributed by atoms with E-state index in [1.165, 1.54) is 22.6 Å². The van der Waals surface area contributed by atoms with Gasteiger partial charge in [-0.25, -0.2) is 9.69 Å². The minimum absolute atomic E-state index is 0.112. The Hall–Kier alpha value is -3.74. The maximum atomic E-state index is 13.2. The Kier molecular flexibility index (Phi) is 5.55. The number of nitrogens with zero attached hydrogens (tertiary/aromatic N) is 1. The van der Waals surface area contributed by atoms with Crippen molar-refractivity contribution in [3.05, 3.63) is 77.4 Å². The van der Waals surface area contributed by atoms with Crippen LogP contribution in [-0.2, 0) is 19.1 Å². The van der Waals surface area contributed by atoms with E-state index in [0.29, 0.717) is 5.69 Å². The zero-order valence-electron chi connectivity index (χ0n) is 19.1. The van der Waals surface area contributed by atoms with E-state index in [4.69, 9.17) is 4.74 Å². The van der Waals surface area contributed by atoms with Gasteiger partial charge in [-0.3, -0.25) is 14.4 Å². The molecule has 2 aromatic carbocycles. The van der Waals surface area contributed by atoms with E-state index < -0.39 is 18.5 Å². The SMILES string of the molecule is CC1=C[C@H]2C[C@H]1[C@@H]1C(=O)N(c3cccc(C(=O)OCC(=O)N[C@H](C)c4ccccc4)c3)C(=O)[C@H]12. The van der Waals surface area contributed by atoms with Crippen molar-refractivity contribution in [1.29, 1.82) is 0 Å². The van der Waals surface area contributed by atoms with Crippen LogP contribution >= 0.6 is 0 Å². The minimum atomic E-state index is -0.693. The summed E-state index contributed by atoms with van der Waals surface area (Å²) in [6.45, 7) is 3.44. The molecule has 1 saturated heterocycles. The van der Waals surface area contributed by atoms with Crippen LogP contribution in [0.5, 0.6) is 0 Å². The first-order valence-electron chi connectivity index (χ1n) is 11.5. The van der Waals surface area contributed by atoms with Gasteiger partial charge in [-0.05, 0) is 55.9 Å². The molecule has 0 unspecified atom stereocenters. The van der Waals surface area contributed by atoms with E-state index in [1.807, 2.05) is 44.2 Å². The fraction of sp³-hybridized carbons (Fsp3) is 0.333. The van der Waals surface area contributed by atoms with Gasteiger partial charge in [-0.1, -0.05) is 48.0 Å². The number of hydrogen-bond acceptors (Lipinski definition) is 5. The summed E-state index contributed by atoms with van der Waals surface area (Å²) < 4.78 is 5.18. The number of allylic oxidation sites excluding steroid dienone is 2. The van der Waals surface area contributed by atoms with Crippen molar-refractivity contribution in [2.45, 2.75) is 26.3 Å². The highest BCUT2D eigenvalue weighted by atomic mass is 16.5. The molecule has 34 heavy (non-hydrogen) atoms. The minimum Gasteiger partial charge on any atom is -0.452 e. The average Bonchev–Trinajstić information content (AvgIpc) is 3.48. The fourth-order valence-electron chi connectivity index (χ4n) is 5.62. The van der Waals surface area contributed by atoms with E-state index in [2.05, 4.69) is 11.4 Å². The predicted molar refractivity (Wildman–Crippen MR) is 125 cm³/mol. The van der Waals surface area contributed by atoms with Crippen molar-refractivity contribution in [2.75, 3.05) is 11.5 Å². The van der Waals surface area contributed by atoms with Crippen molar-refractivity contribution in [3.63, 3.8) is 0 Å². The predicted octanol–water partition coefficient (Wildman–Crippen LogP) is 3.42. The number of hydrogen-bond donors (Lipinski definition) is 1. The number of benzene rings is 2. The molecule has 2 fully saturated rings. The molecule has 1 aliphatic heterocycles. The number of carbonyl (C=O) groups excluding carboxylic acids is 4. The molecule has 0 aromatic heterocycles. The van der Waals surface area contributed by atoms with Gasteiger partial charge in [0.25, 0.3) is 5.91 Å². The molecule has 1 saturated carbocycles. The van der Waals surface area contributed by atoms with Gasteiger partial charge in [0.1, 0.15) is 0 Å². The number of ether oxygens (including phenoxy) is 1. The van der Waals surface area contributed by atoms with E-state index in [0.717, 1.165) is 12.0 Å². The van der Waals surface area contributed by atoms with Gasteiger partial charge < -0.3 is 10.1 Å². The standard InChI is InChI=1S/C27H26N2O5/c1-15-11-19-13-21(15)24-23(19)25(31)29(26(24)32)20-10-6-9-18(12-20)27(33)34-14-22(30)28-16(2)17-7-4-3-5-8-17/h3-12,16,19,21,23-24H,13-14H2,1-2H3,(H,28,30)/t16-,19+,21-,23+,24+/m1/s1. The molecular weight excluding hydrogens is 432 g/mol. The summed E-state index contributed by atoms with van der Waals surface area (Å²) in [6.07, 6.45) is 2.99. The van der Waals surface area contributed by atoms with Gasteiger partial charge in [0.15, 0.2) is 6.61 Å². The first kappa shape index (κ1) is 22.1. The van der Waals surface area contributed by atoms with Crippen LogP contribution in [0.3, 0.4) is 0 Å². The third kappa shape index (κ3) is 3.71. The molecule has 2 aromatic rings. The van der Waals surface area contributed by atoms with Crippen molar-refractivity contribution in [1.82, 2.24) is 5.32 Å². The van der Waals surface area contributed by atoms with E-state index >= 15 is 0 Å². The smallest absolute Gasteiger partial charge is 0.338 e. The van der Waals surface area contributed by atoms with Gasteiger partial charge in [-0.2, -0.15) is 0 Å². The van der Waals surface area contributed by atoms with Crippen molar-refractivity contribution in [2.24, 2.45) is 23.7 Å². The third-order valence-electron chi connectivity index (χ3n) is 7.23. The molecule has 1 N–H and O–H groups in total. The molecule has 2 aliphatic carbocycles. The largest absolute Gasteiger partial charge is 0.452 e. The summed E-state index contributed by atoms with van der Waals surface area (Å²) in [6, 6.07) is 15.5. The van der Waals surface area contributed by atoms with Crippen molar-refractivity contribution >= 4 is 29.4 Å². The van der Waals surface area contributed by atoms with Crippen LogP contribution in [0.4, 0.5) is 5.69 Å². The molecule has 0 radical (unpaired) electrons. The van der Waals surface area contributed by atoms with Crippen LogP contribution < -0.4 is 10.2 Å². The highest BCUT2D eigenvalue weighted by Crippen LogP contribution is 2.55. The molecule has 0 spiro atoms. The maximum absolute atomic E-state index is 13.2. The molecule has 5 atom stereocenters. The summed E-state index contributed by atoms with van der Waals surface area (Å²) in [5.41, 5.74) is 2.67. The molecule has 2 bridgehead atoms. The number of nitrogens with one attached hydrogen (secondary N) is 1. The molecule has 174 valence electrons. The zero-order chi connectivity index (χ0) is 24.0. The topological polar surface area (TPSA) is 92.8 Å². The molecule has 1 heterocycles. The monoisotopic (exact) mass is 458 g/mol. The lowest BCUT2D eigenvalue weighted by Crippen LogP contribution is -2.33. The third-order valence-corrected chi connectivity index (χ3v) is 7.23. The highest BCUT2D eigenvalue weighted by Gasteiger charge is 2.60. The molecule has 7 heteroatoms. The Balaban J connectivity index is 1.23. The Morgan fingerprint density at radius 3 is 2.56 bits per heavy atom. The lowest BCUT2D eigenvalue weighted by Gasteiger charge is -2.19. The molecular formula is C27H26N2O5. The van der Waals surface area contributed by atoms with E-state index in [1.54, 1.807) is 12.1 Å². The number of esters is 1. The van der Waals surface area contributed by atoms with Crippen LogP contribution in [0.2, 0.25) is 0 Å². The average molecular weight is 459 g/mol. The van der Waals surface area contributed by atoms with Crippen molar-refractivity contribution in [3.8, 4) is 0 Å². The Bertz CT molecular complexity index is 1200. The zero-order valence-corrected chi connectivity index (χ0v) is 19.1. The Morgan fingerprint density at radius 1 is 1.06 bits per heavy atom. The van der Waals surface area contributed by atoms with Crippen LogP contribution in [0, 0.1) is 23.7 Å². The fourth-order valence-corrected chi connectivity index (χ4v) is 5.62. The first-order chi connectivity index (χ1) is 16.3. The van der Waals surface area contributed by atoms with Gasteiger partial charge >= 0.3 is 5.97 Å². The summed E-state index contributed by atoms with van der Waals surface area (Å²) in [4.78, 5) is 52.3. The molecule has 3 amide bonds. The molecule has 3 aliphatic rings. The number of anilines is 1.